The molecule has 0 saturated carbocycles. The lowest BCUT2D eigenvalue weighted by molar-refractivity contribution is -0.117. The molecule has 1 amide bonds. The average molecular weight is 314 g/mol. The number of aryl methyl sites for hydroxylation is 1. The van der Waals surface area contributed by atoms with Gasteiger partial charge in [0.25, 0.3) is 0 Å². The molecule has 0 radical (unpaired) electrons. The molecule has 0 spiro atoms. The maximum atomic E-state index is 12.1. The molecule has 2 aromatic heterocycles. The van der Waals surface area contributed by atoms with Crippen LogP contribution in [0, 0.1) is 6.92 Å². The van der Waals surface area contributed by atoms with Crippen molar-refractivity contribution < 1.29 is 14.3 Å². The molecule has 1 aromatic carbocycles. The first-order valence-corrected chi connectivity index (χ1v) is 6.94. The number of phenols is 1. The smallest absolute Gasteiger partial charge is 0.339 e. The molecule has 0 bridgehead atoms. The highest BCUT2D eigenvalue weighted by Crippen LogP contribution is 2.23. The molecule has 8 nitrogen and oxygen atoms in total. The number of carbonyl (C=O) groups is 1. The molecule has 0 fully saturated rings. The molecule has 3 rings (SSSR count). The molecule has 2 N–H and O–H groups in total. The van der Waals surface area contributed by atoms with Crippen LogP contribution in [0.1, 0.15) is 17.5 Å². The third kappa shape index (κ3) is 3.05. The minimum atomic E-state index is -0.502. The predicted octanol–water partition coefficient (Wildman–Crippen LogP) is 1.10. The van der Waals surface area contributed by atoms with Crippen molar-refractivity contribution in [3.8, 4) is 5.75 Å². The zero-order chi connectivity index (χ0) is 16.4. The number of nitrogens with zero attached hydrogens (tertiary/aromatic N) is 3. The molecule has 0 unspecified atom stereocenters. The highest BCUT2D eigenvalue weighted by atomic mass is 16.4. The van der Waals surface area contributed by atoms with Gasteiger partial charge in [-0.1, -0.05) is 0 Å². The number of aromatic nitrogens is 3. The molecular weight excluding hydrogens is 300 g/mol. The Morgan fingerprint density at radius 1 is 1.35 bits per heavy atom. The van der Waals surface area contributed by atoms with Gasteiger partial charge >= 0.3 is 5.63 Å². The quantitative estimate of drug-likeness (QED) is 0.698. The van der Waals surface area contributed by atoms with Gasteiger partial charge in [0.05, 0.1) is 0 Å². The number of hydrogen-bond donors (Lipinski definition) is 2. The van der Waals surface area contributed by atoms with Crippen LogP contribution >= 0.6 is 0 Å². The van der Waals surface area contributed by atoms with E-state index in [1.807, 2.05) is 0 Å². The lowest BCUT2D eigenvalue weighted by Gasteiger charge is -2.08. The van der Waals surface area contributed by atoms with Crippen molar-refractivity contribution in [2.24, 2.45) is 0 Å². The van der Waals surface area contributed by atoms with E-state index >= 15 is 0 Å². The van der Waals surface area contributed by atoms with Crippen LogP contribution in [-0.2, 0) is 11.2 Å². The van der Waals surface area contributed by atoms with Gasteiger partial charge in [0.15, 0.2) is 0 Å². The van der Waals surface area contributed by atoms with Crippen LogP contribution in [0.5, 0.6) is 5.75 Å². The first-order valence-electron chi connectivity index (χ1n) is 6.94. The SMILES string of the molecule is Cc1c(CCC(=O)Nn2cnnc2)c(=O)oc2cc(O)ccc12. The third-order valence-corrected chi connectivity index (χ3v) is 3.55. The van der Waals surface area contributed by atoms with Crippen molar-refractivity contribution in [1.29, 1.82) is 0 Å². The Hall–Kier alpha value is -3.16. The first kappa shape index (κ1) is 14.8. The number of hydrogen-bond acceptors (Lipinski definition) is 6. The van der Waals surface area contributed by atoms with Gasteiger partial charge < -0.3 is 9.52 Å². The molecular formula is C15H14N4O4. The number of fused-ring (bicyclic) bond motifs is 1. The van der Waals surface area contributed by atoms with E-state index < -0.39 is 5.63 Å². The standard InChI is InChI=1S/C15H14N4O4/c1-9-11-3-2-10(20)6-13(11)23-15(22)12(9)4-5-14(21)18-19-7-16-17-8-19/h2-3,6-8,20H,4-5H2,1H3,(H,18,21). The fourth-order valence-corrected chi connectivity index (χ4v) is 2.37. The number of amides is 1. The molecule has 0 atom stereocenters. The van der Waals surface area contributed by atoms with Crippen molar-refractivity contribution >= 4 is 16.9 Å². The molecule has 0 aliphatic heterocycles. The summed E-state index contributed by atoms with van der Waals surface area (Å²) < 4.78 is 6.55. The van der Waals surface area contributed by atoms with Gasteiger partial charge in [-0.25, -0.2) is 9.47 Å². The number of carbonyl (C=O) groups excluding carboxylic acids is 1. The van der Waals surface area contributed by atoms with E-state index in [-0.39, 0.29) is 24.5 Å². The van der Waals surface area contributed by atoms with Crippen LogP contribution in [0.3, 0.4) is 0 Å². The van der Waals surface area contributed by atoms with Crippen molar-refractivity contribution in [3.05, 3.63) is 52.4 Å². The van der Waals surface area contributed by atoms with E-state index in [0.29, 0.717) is 11.1 Å². The minimum absolute atomic E-state index is 0.0288. The molecule has 0 saturated heterocycles. The largest absolute Gasteiger partial charge is 0.508 e. The lowest BCUT2D eigenvalue weighted by atomic mass is 10.0. The topological polar surface area (TPSA) is 110 Å². The summed E-state index contributed by atoms with van der Waals surface area (Å²) in [7, 11) is 0. The van der Waals surface area contributed by atoms with Gasteiger partial charge in [-0.05, 0) is 31.0 Å². The van der Waals surface area contributed by atoms with Crippen molar-refractivity contribution in [2.75, 3.05) is 5.43 Å². The van der Waals surface area contributed by atoms with E-state index in [1.54, 1.807) is 13.0 Å². The van der Waals surface area contributed by atoms with Crippen molar-refractivity contribution in [2.45, 2.75) is 19.8 Å². The number of phenolic OH excluding ortho intramolecular Hbond substituents is 1. The zero-order valence-electron chi connectivity index (χ0n) is 12.3. The van der Waals surface area contributed by atoms with Gasteiger partial charge in [-0.15, -0.1) is 10.2 Å². The molecule has 0 aliphatic rings. The number of aromatic hydroxyl groups is 1. The summed E-state index contributed by atoms with van der Waals surface area (Å²) in [5, 5.41) is 17.3. The second-order valence-corrected chi connectivity index (χ2v) is 5.08. The molecule has 0 aliphatic carbocycles. The van der Waals surface area contributed by atoms with E-state index in [9.17, 15) is 14.7 Å². The van der Waals surface area contributed by atoms with Gasteiger partial charge in [-0.2, -0.15) is 0 Å². The number of benzene rings is 1. The summed E-state index contributed by atoms with van der Waals surface area (Å²) >= 11 is 0. The van der Waals surface area contributed by atoms with E-state index in [4.69, 9.17) is 4.42 Å². The fraction of sp³-hybridized carbons (Fsp3) is 0.200. The van der Waals surface area contributed by atoms with Gasteiger partial charge in [-0.3, -0.25) is 10.2 Å². The summed E-state index contributed by atoms with van der Waals surface area (Å²) in [6.45, 7) is 1.79. The van der Waals surface area contributed by atoms with E-state index in [0.717, 1.165) is 10.9 Å². The van der Waals surface area contributed by atoms with Crippen LogP contribution < -0.4 is 11.1 Å². The summed E-state index contributed by atoms with van der Waals surface area (Å²) in [5.74, 6) is -0.240. The van der Waals surface area contributed by atoms with Crippen LogP contribution in [-0.4, -0.2) is 25.9 Å². The van der Waals surface area contributed by atoms with Crippen LogP contribution in [0.15, 0.2) is 40.1 Å². The zero-order valence-corrected chi connectivity index (χ0v) is 12.3. The normalized spacial score (nSPS) is 10.8. The average Bonchev–Trinajstić information content (AvgIpc) is 2.99. The number of rotatable bonds is 4. The first-order chi connectivity index (χ1) is 11.0. The molecule has 3 aromatic rings. The van der Waals surface area contributed by atoms with Gasteiger partial charge in [0.1, 0.15) is 24.0 Å². The summed E-state index contributed by atoms with van der Waals surface area (Å²) in [6, 6.07) is 4.60. The predicted molar refractivity (Wildman–Crippen MR) is 81.6 cm³/mol. The Morgan fingerprint density at radius 2 is 2.09 bits per heavy atom. The molecule has 8 heteroatoms. The van der Waals surface area contributed by atoms with E-state index in [1.165, 1.54) is 29.5 Å². The Morgan fingerprint density at radius 3 is 2.83 bits per heavy atom. The van der Waals surface area contributed by atoms with Crippen LogP contribution in [0.4, 0.5) is 0 Å². The van der Waals surface area contributed by atoms with Crippen molar-refractivity contribution in [3.63, 3.8) is 0 Å². The van der Waals surface area contributed by atoms with Crippen LogP contribution in [0.2, 0.25) is 0 Å². The summed E-state index contributed by atoms with van der Waals surface area (Å²) in [4.78, 5) is 24.0. The van der Waals surface area contributed by atoms with Gasteiger partial charge in [0.2, 0.25) is 5.91 Å². The van der Waals surface area contributed by atoms with Crippen LogP contribution in [0.25, 0.3) is 11.0 Å². The summed E-state index contributed by atoms with van der Waals surface area (Å²) in [5.41, 5.74) is 3.58. The second-order valence-electron chi connectivity index (χ2n) is 5.08. The molecule has 2 heterocycles. The summed E-state index contributed by atoms with van der Waals surface area (Å²) in [6.07, 6.45) is 3.09. The Bertz CT molecular complexity index is 915. The second kappa shape index (κ2) is 5.91. The minimum Gasteiger partial charge on any atom is -0.508 e. The van der Waals surface area contributed by atoms with E-state index in [2.05, 4.69) is 15.6 Å². The fourth-order valence-electron chi connectivity index (χ4n) is 2.37. The maximum absolute atomic E-state index is 12.1. The Labute approximate surface area is 130 Å². The highest BCUT2D eigenvalue weighted by Gasteiger charge is 2.13. The Balaban J connectivity index is 1.81. The highest BCUT2D eigenvalue weighted by molar-refractivity contribution is 5.85. The van der Waals surface area contributed by atoms with Crippen molar-refractivity contribution in [1.82, 2.24) is 14.9 Å². The molecule has 23 heavy (non-hydrogen) atoms. The Kier molecular flexibility index (Phi) is 3.80. The van der Waals surface area contributed by atoms with Gasteiger partial charge in [0, 0.05) is 23.4 Å². The third-order valence-electron chi connectivity index (χ3n) is 3.55. The molecule has 118 valence electrons. The lowest BCUT2D eigenvalue weighted by Crippen LogP contribution is -2.23. The maximum Gasteiger partial charge on any atom is 0.339 e. The monoisotopic (exact) mass is 314 g/mol. The number of nitrogens with one attached hydrogen (secondary N) is 1.